The van der Waals surface area contributed by atoms with Gasteiger partial charge in [0, 0.05) is 18.2 Å². The lowest BCUT2D eigenvalue weighted by Crippen LogP contribution is -2.25. The quantitative estimate of drug-likeness (QED) is 0.801. The molecule has 1 aromatic carbocycles. The second-order valence-electron chi connectivity index (χ2n) is 3.62. The van der Waals surface area contributed by atoms with Crippen LogP contribution in [0.25, 0.3) is 0 Å². The van der Waals surface area contributed by atoms with Gasteiger partial charge in [0.1, 0.15) is 5.75 Å². The number of hydrogen-bond donors (Lipinski definition) is 1. The molecule has 1 aromatic rings. The average molecular weight is 209 g/mol. The number of likely N-dealkylation sites (N-methyl/N-ethyl adjacent to an activating group) is 1. The number of aliphatic hydroxyl groups is 1. The normalized spacial score (nSPS) is 12.9. The zero-order valence-corrected chi connectivity index (χ0v) is 9.60. The molecule has 0 fully saturated rings. The standard InChI is InChI=1S/C12H19NO2/c1-10(13(2)8-9-14)11-6-4-5-7-12(11)15-3/h4-7,10,14H,8-9H2,1-3H3. The molecule has 0 saturated carbocycles. The molecule has 15 heavy (non-hydrogen) atoms. The fourth-order valence-electron chi connectivity index (χ4n) is 1.60. The van der Waals surface area contributed by atoms with Crippen LogP contribution in [-0.4, -0.2) is 37.3 Å². The van der Waals surface area contributed by atoms with Crippen molar-refractivity contribution >= 4 is 0 Å². The first-order valence-electron chi connectivity index (χ1n) is 5.14. The lowest BCUT2D eigenvalue weighted by atomic mass is 10.1. The van der Waals surface area contributed by atoms with E-state index in [0.29, 0.717) is 6.54 Å². The van der Waals surface area contributed by atoms with Crippen molar-refractivity contribution in [3.05, 3.63) is 29.8 Å². The zero-order valence-electron chi connectivity index (χ0n) is 9.60. The molecule has 0 aromatic heterocycles. The molecule has 0 bridgehead atoms. The molecule has 0 heterocycles. The van der Waals surface area contributed by atoms with E-state index < -0.39 is 0 Å². The minimum absolute atomic E-state index is 0.177. The Morgan fingerprint density at radius 1 is 1.40 bits per heavy atom. The molecule has 0 saturated heterocycles. The Kier molecular flexibility index (Phi) is 4.59. The van der Waals surface area contributed by atoms with Crippen molar-refractivity contribution < 1.29 is 9.84 Å². The highest BCUT2D eigenvalue weighted by Gasteiger charge is 2.14. The number of ether oxygens (including phenoxy) is 1. The number of benzene rings is 1. The lowest BCUT2D eigenvalue weighted by molar-refractivity contribution is 0.186. The SMILES string of the molecule is COc1ccccc1C(C)N(C)CCO. The van der Waals surface area contributed by atoms with Gasteiger partial charge >= 0.3 is 0 Å². The third kappa shape index (κ3) is 2.94. The second-order valence-corrected chi connectivity index (χ2v) is 3.62. The van der Waals surface area contributed by atoms with Crippen LogP contribution in [-0.2, 0) is 0 Å². The predicted molar refractivity (Wildman–Crippen MR) is 61.1 cm³/mol. The minimum Gasteiger partial charge on any atom is -0.496 e. The van der Waals surface area contributed by atoms with Crippen LogP contribution >= 0.6 is 0 Å². The highest BCUT2D eigenvalue weighted by molar-refractivity contribution is 5.35. The maximum atomic E-state index is 8.89. The van der Waals surface area contributed by atoms with Gasteiger partial charge in [-0.2, -0.15) is 0 Å². The zero-order chi connectivity index (χ0) is 11.3. The highest BCUT2D eigenvalue weighted by atomic mass is 16.5. The smallest absolute Gasteiger partial charge is 0.123 e. The van der Waals surface area contributed by atoms with Crippen molar-refractivity contribution in [2.45, 2.75) is 13.0 Å². The Morgan fingerprint density at radius 3 is 2.67 bits per heavy atom. The van der Waals surface area contributed by atoms with E-state index in [-0.39, 0.29) is 12.6 Å². The molecule has 1 N–H and O–H groups in total. The van der Waals surface area contributed by atoms with Gasteiger partial charge in [-0.15, -0.1) is 0 Å². The van der Waals surface area contributed by atoms with Gasteiger partial charge in [0.15, 0.2) is 0 Å². The maximum Gasteiger partial charge on any atom is 0.123 e. The third-order valence-electron chi connectivity index (χ3n) is 2.70. The summed E-state index contributed by atoms with van der Waals surface area (Å²) in [4.78, 5) is 2.10. The molecule has 0 aliphatic carbocycles. The average Bonchev–Trinajstić information content (AvgIpc) is 2.28. The molecule has 0 aliphatic rings. The summed E-state index contributed by atoms with van der Waals surface area (Å²) in [5.74, 6) is 0.898. The van der Waals surface area contributed by atoms with Gasteiger partial charge < -0.3 is 9.84 Å². The third-order valence-corrected chi connectivity index (χ3v) is 2.70. The van der Waals surface area contributed by atoms with Gasteiger partial charge in [-0.3, -0.25) is 4.90 Å². The van der Waals surface area contributed by atoms with Crippen molar-refractivity contribution in [2.75, 3.05) is 27.3 Å². The molecular weight excluding hydrogens is 190 g/mol. The molecule has 3 heteroatoms. The summed E-state index contributed by atoms with van der Waals surface area (Å²) in [6.07, 6.45) is 0. The number of para-hydroxylation sites is 1. The van der Waals surface area contributed by atoms with E-state index in [1.165, 1.54) is 0 Å². The van der Waals surface area contributed by atoms with Crippen LogP contribution in [0.3, 0.4) is 0 Å². The Hall–Kier alpha value is -1.06. The van der Waals surface area contributed by atoms with Crippen molar-refractivity contribution in [3.8, 4) is 5.75 Å². The lowest BCUT2D eigenvalue weighted by Gasteiger charge is -2.25. The van der Waals surface area contributed by atoms with Crippen LogP contribution in [0.2, 0.25) is 0 Å². The molecule has 1 unspecified atom stereocenters. The summed E-state index contributed by atoms with van der Waals surface area (Å²) in [5.41, 5.74) is 1.15. The first-order valence-corrected chi connectivity index (χ1v) is 5.14. The first kappa shape index (κ1) is 12.0. The molecule has 1 rings (SSSR count). The summed E-state index contributed by atoms with van der Waals surface area (Å²) in [6, 6.07) is 8.21. The number of nitrogens with zero attached hydrogens (tertiary/aromatic N) is 1. The van der Waals surface area contributed by atoms with Crippen molar-refractivity contribution in [1.29, 1.82) is 0 Å². The molecular formula is C12H19NO2. The molecule has 0 aliphatic heterocycles. The van der Waals surface area contributed by atoms with Crippen LogP contribution in [0.1, 0.15) is 18.5 Å². The topological polar surface area (TPSA) is 32.7 Å². The van der Waals surface area contributed by atoms with Crippen molar-refractivity contribution in [1.82, 2.24) is 4.90 Å². The van der Waals surface area contributed by atoms with Gasteiger partial charge in [-0.1, -0.05) is 18.2 Å². The predicted octanol–water partition coefficient (Wildman–Crippen LogP) is 1.68. The number of methoxy groups -OCH3 is 1. The van der Waals surface area contributed by atoms with Gasteiger partial charge in [0.05, 0.1) is 13.7 Å². The molecule has 0 spiro atoms. The van der Waals surface area contributed by atoms with Crippen LogP contribution in [0.4, 0.5) is 0 Å². The van der Waals surface area contributed by atoms with E-state index in [4.69, 9.17) is 9.84 Å². The first-order chi connectivity index (χ1) is 7.20. The van der Waals surface area contributed by atoms with Crippen LogP contribution in [0.5, 0.6) is 5.75 Å². The summed E-state index contributed by atoms with van der Waals surface area (Å²) < 4.78 is 5.31. The molecule has 0 radical (unpaired) electrons. The largest absolute Gasteiger partial charge is 0.496 e. The monoisotopic (exact) mass is 209 g/mol. The molecule has 84 valence electrons. The van der Waals surface area contributed by atoms with E-state index in [1.807, 2.05) is 25.2 Å². The highest BCUT2D eigenvalue weighted by Crippen LogP contribution is 2.27. The van der Waals surface area contributed by atoms with Crippen LogP contribution < -0.4 is 4.74 Å². The fourth-order valence-corrected chi connectivity index (χ4v) is 1.60. The van der Waals surface area contributed by atoms with E-state index in [1.54, 1.807) is 7.11 Å². The Balaban J connectivity index is 2.84. The number of hydrogen-bond acceptors (Lipinski definition) is 3. The summed E-state index contributed by atoms with van der Waals surface area (Å²) in [6.45, 7) is 2.95. The van der Waals surface area contributed by atoms with E-state index in [9.17, 15) is 0 Å². The van der Waals surface area contributed by atoms with Gasteiger partial charge in [-0.25, -0.2) is 0 Å². The van der Waals surface area contributed by atoms with E-state index >= 15 is 0 Å². The van der Waals surface area contributed by atoms with Crippen molar-refractivity contribution in [3.63, 3.8) is 0 Å². The molecule has 1 atom stereocenters. The van der Waals surface area contributed by atoms with Crippen LogP contribution in [0.15, 0.2) is 24.3 Å². The molecule has 0 amide bonds. The second kappa shape index (κ2) is 5.73. The summed E-state index contributed by atoms with van der Waals surface area (Å²) >= 11 is 0. The fraction of sp³-hybridized carbons (Fsp3) is 0.500. The van der Waals surface area contributed by atoms with E-state index in [2.05, 4.69) is 17.9 Å². The summed E-state index contributed by atoms with van der Waals surface area (Å²) in [5, 5.41) is 8.89. The van der Waals surface area contributed by atoms with Gasteiger partial charge in [0.2, 0.25) is 0 Å². The number of aliphatic hydroxyl groups excluding tert-OH is 1. The Morgan fingerprint density at radius 2 is 2.07 bits per heavy atom. The Bertz CT molecular complexity index is 301. The summed E-state index contributed by atoms with van der Waals surface area (Å²) in [7, 11) is 3.67. The van der Waals surface area contributed by atoms with Gasteiger partial charge in [-0.05, 0) is 20.0 Å². The molecule has 3 nitrogen and oxygen atoms in total. The van der Waals surface area contributed by atoms with Gasteiger partial charge in [0.25, 0.3) is 0 Å². The minimum atomic E-state index is 0.177. The van der Waals surface area contributed by atoms with Crippen LogP contribution in [0, 0.1) is 0 Å². The van der Waals surface area contributed by atoms with Crippen molar-refractivity contribution in [2.24, 2.45) is 0 Å². The Labute approximate surface area is 91.3 Å². The van der Waals surface area contributed by atoms with E-state index in [0.717, 1.165) is 11.3 Å². The number of rotatable bonds is 5. The maximum absolute atomic E-state index is 8.89.